The van der Waals surface area contributed by atoms with Crippen LogP contribution in [0.25, 0.3) is 0 Å². The van der Waals surface area contributed by atoms with Crippen molar-refractivity contribution >= 4 is 15.9 Å². The van der Waals surface area contributed by atoms with Crippen LogP contribution in [-0.2, 0) is 4.74 Å². The van der Waals surface area contributed by atoms with Crippen LogP contribution in [0.5, 0.6) is 0 Å². The Morgan fingerprint density at radius 2 is 2.18 bits per heavy atom. The molecular formula is C11H15BrF2N2O. The maximum atomic E-state index is 13.8. The lowest BCUT2D eigenvalue weighted by Crippen LogP contribution is -2.30. The number of nitrogens with one attached hydrogen (secondary N) is 1. The summed E-state index contributed by atoms with van der Waals surface area (Å²) < 4.78 is 32.7. The smallest absolute Gasteiger partial charge is 0.145 e. The summed E-state index contributed by atoms with van der Waals surface area (Å²) in [6.45, 7) is 2.79. The molecule has 3 N–H and O–H groups in total. The van der Waals surface area contributed by atoms with Crippen molar-refractivity contribution in [1.82, 2.24) is 5.43 Å². The standard InChI is InChI=1S/C11H15BrF2N2O/c1-2-17-6-5-9(16-15)10-8(13)4-3-7(12)11(10)14/h3-4,9,16H,2,5-6,15H2,1H3. The Morgan fingerprint density at radius 1 is 1.47 bits per heavy atom. The molecule has 1 atom stereocenters. The molecule has 0 bridgehead atoms. The second-order valence-electron chi connectivity index (χ2n) is 3.46. The van der Waals surface area contributed by atoms with Gasteiger partial charge in [-0.3, -0.25) is 11.3 Å². The van der Waals surface area contributed by atoms with Gasteiger partial charge in [-0.05, 0) is 41.4 Å². The normalized spacial score (nSPS) is 12.8. The number of halogens is 3. The van der Waals surface area contributed by atoms with Gasteiger partial charge in [0.15, 0.2) is 0 Å². The molecule has 0 heterocycles. The summed E-state index contributed by atoms with van der Waals surface area (Å²) in [6.07, 6.45) is 0.397. The molecule has 0 aliphatic rings. The minimum absolute atomic E-state index is 0.0680. The van der Waals surface area contributed by atoms with E-state index in [1.807, 2.05) is 6.92 Å². The minimum atomic E-state index is -0.635. The van der Waals surface area contributed by atoms with Crippen LogP contribution in [0.2, 0.25) is 0 Å². The topological polar surface area (TPSA) is 47.3 Å². The molecule has 1 rings (SSSR count). The minimum Gasteiger partial charge on any atom is -0.382 e. The van der Waals surface area contributed by atoms with Gasteiger partial charge in [-0.2, -0.15) is 0 Å². The van der Waals surface area contributed by atoms with E-state index in [0.717, 1.165) is 0 Å². The van der Waals surface area contributed by atoms with Gasteiger partial charge in [0.1, 0.15) is 11.6 Å². The maximum absolute atomic E-state index is 13.8. The van der Waals surface area contributed by atoms with Crippen LogP contribution in [0.3, 0.4) is 0 Å². The zero-order valence-corrected chi connectivity index (χ0v) is 11.1. The molecule has 0 aliphatic heterocycles. The number of hydrogen-bond acceptors (Lipinski definition) is 3. The first-order valence-corrected chi connectivity index (χ1v) is 6.08. The molecule has 6 heteroatoms. The summed E-state index contributed by atoms with van der Waals surface area (Å²) in [6, 6.07) is 1.91. The highest BCUT2D eigenvalue weighted by atomic mass is 79.9. The van der Waals surface area contributed by atoms with Crippen LogP contribution < -0.4 is 11.3 Å². The molecule has 1 unspecified atom stereocenters. The van der Waals surface area contributed by atoms with Gasteiger partial charge in [0.25, 0.3) is 0 Å². The van der Waals surface area contributed by atoms with Crippen LogP contribution in [0, 0.1) is 11.6 Å². The lowest BCUT2D eigenvalue weighted by Gasteiger charge is -2.18. The molecule has 17 heavy (non-hydrogen) atoms. The molecule has 0 aromatic heterocycles. The van der Waals surface area contributed by atoms with Gasteiger partial charge in [0.05, 0.1) is 10.5 Å². The fourth-order valence-corrected chi connectivity index (χ4v) is 1.86. The summed E-state index contributed by atoms with van der Waals surface area (Å²) in [5.41, 5.74) is 2.34. The van der Waals surface area contributed by atoms with Crippen molar-refractivity contribution in [2.75, 3.05) is 13.2 Å². The number of hydrazine groups is 1. The predicted octanol–water partition coefficient (Wildman–Crippen LogP) is 2.66. The van der Waals surface area contributed by atoms with Gasteiger partial charge in [-0.25, -0.2) is 8.78 Å². The lowest BCUT2D eigenvalue weighted by molar-refractivity contribution is 0.135. The average Bonchev–Trinajstić information content (AvgIpc) is 2.32. The van der Waals surface area contributed by atoms with Crippen LogP contribution in [0.1, 0.15) is 24.9 Å². The summed E-state index contributed by atoms with van der Waals surface area (Å²) in [7, 11) is 0. The van der Waals surface area contributed by atoms with E-state index in [1.54, 1.807) is 0 Å². The monoisotopic (exact) mass is 308 g/mol. The molecule has 0 amide bonds. The Balaban J connectivity index is 2.91. The van der Waals surface area contributed by atoms with E-state index in [0.29, 0.717) is 19.6 Å². The van der Waals surface area contributed by atoms with Gasteiger partial charge in [0.2, 0.25) is 0 Å². The van der Waals surface area contributed by atoms with Gasteiger partial charge >= 0.3 is 0 Å². The van der Waals surface area contributed by atoms with E-state index < -0.39 is 17.7 Å². The molecule has 3 nitrogen and oxygen atoms in total. The molecule has 0 radical (unpaired) electrons. The molecule has 96 valence electrons. The van der Waals surface area contributed by atoms with Crippen molar-refractivity contribution in [2.24, 2.45) is 5.84 Å². The Morgan fingerprint density at radius 3 is 2.76 bits per heavy atom. The third kappa shape index (κ3) is 3.70. The highest BCUT2D eigenvalue weighted by Gasteiger charge is 2.20. The van der Waals surface area contributed by atoms with Crippen molar-refractivity contribution in [3.63, 3.8) is 0 Å². The van der Waals surface area contributed by atoms with E-state index in [4.69, 9.17) is 10.6 Å². The second-order valence-corrected chi connectivity index (χ2v) is 4.32. The number of benzene rings is 1. The SMILES string of the molecule is CCOCCC(NN)c1c(F)ccc(Br)c1F. The van der Waals surface area contributed by atoms with E-state index in [9.17, 15) is 8.78 Å². The van der Waals surface area contributed by atoms with Crippen LogP contribution in [-0.4, -0.2) is 13.2 Å². The Kier molecular flexibility index (Phi) is 5.97. The molecule has 1 aromatic rings. The van der Waals surface area contributed by atoms with E-state index in [1.165, 1.54) is 12.1 Å². The molecule has 0 aliphatic carbocycles. The van der Waals surface area contributed by atoms with Crippen molar-refractivity contribution in [3.8, 4) is 0 Å². The lowest BCUT2D eigenvalue weighted by atomic mass is 10.0. The fraction of sp³-hybridized carbons (Fsp3) is 0.455. The first-order valence-electron chi connectivity index (χ1n) is 5.29. The molecule has 0 saturated heterocycles. The Labute approximate surface area is 107 Å². The third-order valence-electron chi connectivity index (χ3n) is 2.38. The highest BCUT2D eigenvalue weighted by molar-refractivity contribution is 9.10. The van der Waals surface area contributed by atoms with Crippen LogP contribution >= 0.6 is 15.9 Å². The quantitative estimate of drug-likeness (QED) is 0.367. The summed E-state index contributed by atoms with van der Waals surface area (Å²) in [5, 5.41) is 0. The van der Waals surface area contributed by atoms with E-state index in [2.05, 4.69) is 21.4 Å². The number of rotatable bonds is 6. The third-order valence-corrected chi connectivity index (χ3v) is 3.00. The number of hydrogen-bond donors (Lipinski definition) is 2. The first-order chi connectivity index (χ1) is 8.11. The van der Waals surface area contributed by atoms with Gasteiger partial charge < -0.3 is 4.74 Å². The fourth-order valence-electron chi connectivity index (χ4n) is 1.52. The summed E-state index contributed by atoms with van der Waals surface area (Å²) >= 11 is 3.02. The van der Waals surface area contributed by atoms with Crippen molar-refractivity contribution in [3.05, 3.63) is 33.8 Å². The maximum Gasteiger partial charge on any atom is 0.145 e. The summed E-state index contributed by atoms with van der Waals surface area (Å²) in [5.74, 6) is 4.07. The number of ether oxygens (including phenoxy) is 1. The average molecular weight is 309 g/mol. The summed E-state index contributed by atoms with van der Waals surface area (Å²) in [4.78, 5) is 0. The van der Waals surface area contributed by atoms with Crippen LogP contribution in [0.4, 0.5) is 8.78 Å². The van der Waals surface area contributed by atoms with Crippen molar-refractivity contribution < 1.29 is 13.5 Å². The van der Waals surface area contributed by atoms with Gasteiger partial charge in [-0.15, -0.1) is 0 Å². The molecule has 0 spiro atoms. The molecule has 0 fully saturated rings. The zero-order chi connectivity index (χ0) is 12.8. The highest BCUT2D eigenvalue weighted by Crippen LogP contribution is 2.28. The molecule has 0 saturated carbocycles. The largest absolute Gasteiger partial charge is 0.382 e. The van der Waals surface area contributed by atoms with Gasteiger partial charge in [0, 0.05) is 18.8 Å². The van der Waals surface area contributed by atoms with Crippen molar-refractivity contribution in [1.29, 1.82) is 0 Å². The van der Waals surface area contributed by atoms with Crippen molar-refractivity contribution in [2.45, 2.75) is 19.4 Å². The first kappa shape index (κ1) is 14.5. The Hall–Kier alpha value is -0.560. The molecular weight excluding hydrogens is 294 g/mol. The Bertz CT molecular complexity index is 377. The number of nitrogens with two attached hydrogens (primary N) is 1. The van der Waals surface area contributed by atoms with Gasteiger partial charge in [-0.1, -0.05) is 0 Å². The van der Waals surface area contributed by atoms with E-state index >= 15 is 0 Å². The predicted molar refractivity (Wildman–Crippen MR) is 65.2 cm³/mol. The molecule has 1 aromatic carbocycles. The van der Waals surface area contributed by atoms with E-state index in [-0.39, 0.29) is 10.0 Å². The second kappa shape index (κ2) is 7.00. The van der Waals surface area contributed by atoms with Crippen LogP contribution in [0.15, 0.2) is 16.6 Å². The zero-order valence-electron chi connectivity index (χ0n) is 9.47.